The Bertz CT molecular complexity index is 294. The monoisotopic (exact) mass is 224 g/mol. The average Bonchev–Trinajstić information content (AvgIpc) is 2.15. The second kappa shape index (κ2) is 4.09. The van der Waals surface area contributed by atoms with Crippen LogP contribution in [0.25, 0.3) is 0 Å². The Balaban J connectivity index is 2.87. The van der Waals surface area contributed by atoms with Crippen LogP contribution in [0.5, 0.6) is 5.75 Å². The molecule has 14 heavy (non-hydrogen) atoms. The quantitative estimate of drug-likeness (QED) is 0.699. The number of ether oxygens (including phenoxy) is 1. The predicted molar refractivity (Wildman–Crippen MR) is 47.6 cm³/mol. The van der Waals surface area contributed by atoms with E-state index in [4.69, 9.17) is 16.3 Å². The first-order valence-corrected chi connectivity index (χ1v) is 4.23. The first kappa shape index (κ1) is 11.2. The first-order chi connectivity index (χ1) is 6.45. The molecule has 0 unspecified atom stereocenters. The van der Waals surface area contributed by atoms with Gasteiger partial charge in [0.15, 0.2) is 5.38 Å². The fourth-order valence-electron chi connectivity index (χ4n) is 0.962. The van der Waals surface area contributed by atoms with E-state index in [1.807, 2.05) is 0 Å². The molecule has 0 spiro atoms. The Morgan fingerprint density at radius 3 is 2.07 bits per heavy atom. The van der Waals surface area contributed by atoms with Gasteiger partial charge in [0.05, 0.1) is 7.11 Å². The standard InChI is InChI=1S/C9H8ClF3O/c1-14-7-4-2-6(3-5-7)8(10)9(11,12)13/h2-5,8H,1H3/t8-/m0/s1. The van der Waals surface area contributed by atoms with Crippen LogP contribution in [0.2, 0.25) is 0 Å². The molecule has 1 nitrogen and oxygen atoms in total. The Morgan fingerprint density at radius 1 is 1.21 bits per heavy atom. The molecule has 0 aromatic heterocycles. The van der Waals surface area contributed by atoms with Crippen LogP contribution < -0.4 is 4.74 Å². The van der Waals surface area contributed by atoms with Crippen molar-refractivity contribution < 1.29 is 17.9 Å². The van der Waals surface area contributed by atoms with Crippen LogP contribution in [-0.2, 0) is 0 Å². The first-order valence-electron chi connectivity index (χ1n) is 3.80. The average molecular weight is 225 g/mol. The van der Waals surface area contributed by atoms with Gasteiger partial charge in [-0.1, -0.05) is 12.1 Å². The maximum atomic E-state index is 12.2. The number of halogens is 4. The Kier molecular flexibility index (Phi) is 3.26. The van der Waals surface area contributed by atoms with Gasteiger partial charge in [-0.05, 0) is 17.7 Å². The lowest BCUT2D eigenvalue weighted by Gasteiger charge is -2.13. The fraction of sp³-hybridized carbons (Fsp3) is 0.333. The van der Waals surface area contributed by atoms with Gasteiger partial charge in [0.2, 0.25) is 0 Å². The third-order valence-corrected chi connectivity index (χ3v) is 2.20. The SMILES string of the molecule is COc1ccc([C@H](Cl)C(F)(F)F)cc1. The molecule has 0 aliphatic carbocycles. The van der Waals surface area contributed by atoms with Crippen LogP contribution in [0.4, 0.5) is 13.2 Å². The molecule has 1 atom stereocenters. The second-order valence-electron chi connectivity index (χ2n) is 2.68. The van der Waals surface area contributed by atoms with E-state index >= 15 is 0 Å². The fourth-order valence-corrected chi connectivity index (χ4v) is 1.11. The van der Waals surface area contributed by atoms with E-state index in [2.05, 4.69) is 0 Å². The molecule has 1 aromatic carbocycles. The van der Waals surface area contributed by atoms with Crippen LogP contribution in [-0.4, -0.2) is 13.3 Å². The van der Waals surface area contributed by atoms with Crippen molar-refractivity contribution in [2.75, 3.05) is 7.11 Å². The number of alkyl halides is 4. The van der Waals surface area contributed by atoms with Crippen molar-refractivity contribution in [2.24, 2.45) is 0 Å². The highest BCUT2D eigenvalue weighted by molar-refractivity contribution is 6.21. The van der Waals surface area contributed by atoms with E-state index in [0.717, 1.165) is 0 Å². The van der Waals surface area contributed by atoms with Crippen molar-refractivity contribution in [1.82, 2.24) is 0 Å². The summed E-state index contributed by atoms with van der Waals surface area (Å²) in [4.78, 5) is 0. The number of hydrogen-bond acceptors (Lipinski definition) is 1. The Hall–Kier alpha value is -0.900. The third-order valence-electron chi connectivity index (χ3n) is 1.70. The van der Waals surface area contributed by atoms with Crippen LogP contribution >= 0.6 is 11.6 Å². The molecule has 1 aromatic rings. The topological polar surface area (TPSA) is 9.23 Å². The maximum absolute atomic E-state index is 12.2. The molecule has 0 bridgehead atoms. The lowest BCUT2D eigenvalue weighted by molar-refractivity contribution is -0.131. The summed E-state index contributed by atoms with van der Waals surface area (Å²) < 4.78 is 41.3. The van der Waals surface area contributed by atoms with E-state index in [9.17, 15) is 13.2 Å². The minimum atomic E-state index is -4.42. The number of rotatable bonds is 2. The minimum absolute atomic E-state index is 0.0139. The van der Waals surface area contributed by atoms with Crippen LogP contribution in [0.1, 0.15) is 10.9 Å². The largest absolute Gasteiger partial charge is 0.497 e. The second-order valence-corrected chi connectivity index (χ2v) is 3.11. The van der Waals surface area contributed by atoms with Gasteiger partial charge in [0.1, 0.15) is 5.75 Å². The summed E-state index contributed by atoms with van der Waals surface area (Å²) in [5.41, 5.74) is 0.0139. The zero-order valence-electron chi connectivity index (χ0n) is 7.31. The minimum Gasteiger partial charge on any atom is -0.497 e. The van der Waals surface area contributed by atoms with Crippen molar-refractivity contribution in [3.05, 3.63) is 29.8 Å². The molecular formula is C9H8ClF3O. The van der Waals surface area contributed by atoms with Crippen LogP contribution in [0.3, 0.4) is 0 Å². The van der Waals surface area contributed by atoms with E-state index in [1.54, 1.807) is 0 Å². The van der Waals surface area contributed by atoms with Gasteiger partial charge in [-0.2, -0.15) is 13.2 Å². The van der Waals surface area contributed by atoms with E-state index < -0.39 is 11.6 Å². The molecule has 0 amide bonds. The molecule has 0 N–H and O–H groups in total. The summed E-state index contributed by atoms with van der Waals surface area (Å²) in [6.07, 6.45) is -4.42. The molecule has 0 aliphatic rings. The van der Waals surface area contributed by atoms with Crippen molar-refractivity contribution in [3.8, 4) is 5.75 Å². The molecule has 0 aliphatic heterocycles. The highest BCUT2D eigenvalue weighted by Crippen LogP contribution is 2.38. The molecule has 0 heterocycles. The van der Waals surface area contributed by atoms with Gasteiger partial charge in [-0.25, -0.2) is 0 Å². The van der Waals surface area contributed by atoms with Gasteiger partial charge < -0.3 is 4.74 Å². The van der Waals surface area contributed by atoms with Crippen LogP contribution in [0.15, 0.2) is 24.3 Å². The van der Waals surface area contributed by atoms with Crippen LogP contribution in [0, 0.1) is 0 Å². The molecule has 0 radical (unpaired) electrons. The van der Waals surface area contributed by atoms with Crippen molar-refractivity contribution in [1.29, 1.82) is 0 Å². The van der Waals surface area contributed by atoms with Gasteiger partial charge >= 0.3 is 6.18 Å². The smallest absolute Gasteiger partial charge is 0.408 e. The number of hydrogen-bond donors (Lipinski definition) is 0. The summed E-state index contributed by atoms with van der Waals surface area (Å²) >= 11 is 5.21. The Morgan fingerprint density at radius 2 is 1.71 bits per heavy atom. The summed E-state index contributed by atoms with van der Waals surface area (Å²) in [5.74, 6) is 0.500. The van der Waals surface area contributed by atoms with Gasteiger partial charge in [0, 0.05) is 0 Å². The highest BCUT2D eigenvalue weighted by Gasteiger charge is 2.39. The van der Waals surface area contributed by atoms with Gasteiger partial charge in [-0.3, -0.25) is 0 Å². The lowest BCUT2D eigenvalue weighted by atomic mass is 10.1. The summed E-state index contributed by atoms with van der Waals surface area (Å²) in [6, 6.07) is 5.47. The zero-order valence-corrected chi connectivity index (χ0v) is 8.06. The lowest BCUT2D eigenvalue weighted by Crippen LogP contribution is -2.15. The molecule has 1 rings (SSSR count). The molecule has 0 saturated heterocycles. The number of benzene rings is 1. The zero-order chi connectivity index (χ0) is 10.8. The summed E-state index contributed by atoms with van der Waals surface area (Å²) in [7, 11) is 1.44. The van der Waals surface area contributed by atoms with E-state index in [-0.39, 0.29) is 5.56 Å². The van der Waals surface area contributed by atoms with E-state index in [1.165, 1.54) is 31.4 Å². The Labute approximate surface area is 84.4 Å². The van der Waals surface area contributed by atoms with Crippen molar-refractivity contribution in [3.63, 3.8) is 0 Å². The normalized spacial score (nSPS) is 13.8. The molecule has 0 fully saturated rings. The van der Waals surface area contributed by atoms with Gasteiger partial charge in [0.25, 0.3) is 0 Å². The molecular weight excluding hydrogens is 217 g/mol. The molecule has 78 valence electrons. The molecule has 5 heteroatoms. The van der Waals surface area contributed by atoms with Crippen molar-refractivity contribution >= 4 is 11.6 Å². The molecule has 0 saturated carbocycles. The van der Waals surface area contributed by atoms with Gasteiger partial charge in [-0.15, -0.1) is 11.6 Å². The summed E-state index contributed by atoms with van der Waals surface area (Å²) in [5, 5.41) is -1.96. The highest BCUT2D eigenvalue weighted by atomic mass is 35.5. The maximum Gasteiger partial charge on any atom is 0.408 e. The predicted octanol–water partition coefficient (Wildman–Crippen LogP) is 3.54. The summed E-state index contributed by atoms with van der Waals surface area (Å²) in [6.45, 7) is 0. The number of methoxy groups -OCH3 is 1. The van der Waals surface area contributed by atoms with E-state index in [0.29, 0.717) is 5.75 Å². The van der Waals surface area contributed by atoms with Crippen molar-refractivity contribution in [2.45, 2.75) is 11.6 Å². The third kappa shape index (κ3) is 2.54.